The molecule has 2 heterocycles. The van der Waals surface area contributed by atoms with Crippen LogP contribution in [0.4, 0.5) is 5.69 Å². The van der Waals surface area contributed by atoms with Crippen LogP contribution in [-0.4, -0.2) is 46.5 Å². The number of hydrogen-bond donors (Lipinski definition) is 1. The number of nitrogens with zero attached hydrogens (tertiary/aromatic N) is 3. The Kier molecular flexibility index (Phi) is 4.62. The Morgan fingerprint density at radius 1 is 1.57 bits per heavy atom. The summed E-state index contributed by atoms with van der Waals surface area (Å²) in [5, 5.41) is 14.1. The second-order valence-corrected chi connectivity index (χ2v) is 5.69. The predicted molar refractivity (Wildman–Crippen MR) is 79.5 cm³/mol. The highest BCUT2D eigenvalue weighted by Gasteiger charge is 2.32. The summed E-state index contributed by atoms with van der Waals surface area (Å²) in [4.78, 5) is 25.1. The lowest BCUT2D eigenvalue weighted by atomic mass is 10.2. The van der Waals surface area contributed by atoms with Crippen molar-refractivity contribution in [1.29, 1.82) is 0 Å². The Labute approximate surface area is 124 Å². The van der Waals surface area contributed by atoms with Gasteiger partial charge in [0.15, 0.2) is 0 Å². The van der Waals surface area contributed by atoms with Gasteiger partial charge in [-0.1, -0.05) is 0 Å². The van der Waals surface area contributed by atoms with Gasteiger partial charge in [-0.2, -0.15) is 0 Å². The number of likely N-dealkylation sites (N-methyl/N-ethyl adjacent to an activating group) is 1. The quantitative estimate of drug-likeness (QED) is 0.663. The predicted octanol–water partition coefficient (Wildman–Crippen LogP) is 1.80. The summed E-state index contributed by atoms with van der Waals surface area (Å²) < 4.78 is 1.69. The number of carbonyl (C=O) groups excluding carboxylic acids is 1. The van der Waals surface area contributed by atoms with Gasteiger partial charge in [0.05, 0.1) is 11.1 Å². The van der Waals surface area contributed by atoms with Crippen molar-refractivity contribution in [2.45, 2.75) is 38.8 Å². The molecule has 0 aliphatic carbocycles. The van der Waals surface area contributed by atoms with E-state index in [2.05, 4.69) is 5.32 Å². The van der Waals surface area contributed by atoms with Crippen LogP contribution in [0.2, 0.25) is 0 Å². The van der Waals surface area contributed by atoms with Gasteiger partial charge < -0.3 is 14.8 Å². The number of hydrogen-bond acceptors (Lipinski definition) is 4. The normalized spacial score (nSPS) is 18.5. The zero-order chi connectivity index (χ0) is 15.6. The highest BCUT2D eigenvalue weighted by molar-refractivity contribution is 5.94. The van der Waals surface area contributed by atoms with Gasteiger partial charge in [-0.25, -0.2) is 0 Å². The van der Waals surface area contributed by atoms with Gasteiger partial charge in [0, 0.05) is 31.2 Å². The number of amides is 1. The first kappa shape index (κ1) is 15.5. The van der Waals surface area contributed by atoms with Crippen LogP contribution in [0.15, 0.2) is 12.3 Å². The molecule has 7 nitrogen and oxygen atoms in total. The number of nitrogens with one attached hydrogen (secondary N) is 1. The number of likely N-dealkylation sites (tertiary alicyclic amines) is 1. The van der Waals surface area contributed by atoms with Crippen molar-refractivity contribution in [3.8, 4) is 0 Å². The molecule has 1 aromatic rings. The summed E-state index contributed by atoms with van der Waals surface area (Å²) in [6.45, 7) is 5.28. The average molecular weight is 294 g/mol. The third kappa shape index (κ3) is 3.07. The van der Waals surface area contributed by atoms with Crippen molar-refractivity contribution >= 4 is 11.6 Å². The van der Waals surface area contributed by atoms with Gasteiger partial charge >= 0.3 is 0 Å². The lowest BCUT2D eigenvalue weighted by molar-refractivity contribution is -0.384. The molecule has 0 bridgehead atoms. The van der Waals surface area contributed by atoms with Crippen molar-refractivity contribution in [3.05, 3.63) is 28.1 Å². The summed E-state index contributed by atoms with van der Waals surface area (Å²) >= 11 is 0. The molecule has 1 fully saturated rings. The van der Waals surface area contributed by atoms with E-state index in [1.54, 1.807) is 4.57 Å². The van der Waals surface area contributed by atoms with Gasteiger partial charge in [-0.15, -0.1) is 0 Å². The van der Waals surface area contributed by atoms with E-state index in [0.29, 0.717) is 12.2 Å². The van der Waals surface area contributed by atoms with Crippen molar-refractivity contribution in [2.24, 2.45) is 0 Å². The molecule has 1 N–H and O–H groups in total. The molecule has 0 saturated carbocycles. The van der Waals surface area contributed by atoms with E-state index in [1.165, 1.54) is 12.3 Å². The van der Waals surface area contributed by atoms with Crippen molar-refractivity contribution in [2.75, 3.05) is 20.1 Å². The molecule has 0 radical (unpaired) electrons. The first-order valence-corrected chi connectivity index (χ1v) is 7.27. The second-order valence-electron chi connectivity index (χ2n) is 5.69. The fourth-order valence-corrected chi connectivity index (χ4v) is 2.86. The highest BCUT2D eigenvalue weighted by Crippen LogP contribution is 2.25. The van der Waals surface area contributed by atoms with E-state index < -0.39 is 4.92 Å². The Morgan fingerprint density at radius 3 is 2.86 bits per heavy atom. The topological polar surface area (TPSA) is 80.4 Å². The van der Waals surface area contributed by atoms with Gasteiger partial charge in [-0.3, -0.25) is 14.9 Å². The SMILES string of the molecule is CNCC1CCCN1C(=O)c1cc([N+](=O)[O-])cn1C(C)C. The molecule has 1 atom stereocenters. The molecule has 1 aliphatic heterocycles. The molecule has 1 unspecified atom stereocenters. The fraction of sp³-hybridized carbons (Fsp3) is 0.643. The third-order valence-corrected chi connectivity index (χ3v) is 3.90. The van der Waals surface area contributed by atoms with Gasteiger partial charge in [0.2, 0.25) is 0 Å². The standard InChI is InChI=1S/C14H22N4O3/c1-10(2)17-9-12(18(20)21)7-13(17)14(19)16-6-4-5-11(16)8-15-3/h7,9-11,15H,4-6,8H2,1-3H3. The molecule has 1 saturated heterocycles. The molecule has 1 aliphatic rings. The van der Waals surface area contributed by atoms with Crippen LogP contribution in [0.3, 0.4) is 0 Å². The summed E-state index contributed by atoms with van der Waals surface area (Å²) in [5.74, 6) is -0.116. The van der Waals surface area contributed by atoms with Crippen LogP contribution in [-0.2, 0) is 0 Å². The number of rotatable bonds is 5. The maximum Gasteiger partial charge on any atom is 0.287 e. The van der Waals surface area contributed by atoms with E-state index in [0.717, 1.165) is 19.4 Å². The van der Waals surface area contributed by atoms with E-state index in [1.807, 2.05) is 25.8 Å². The van der Waals surface area contributed by atoms with Crippen molar-refractivity contribution in [1.82, 2.24) is 14.8 Å². The molecule has 7 heteroatoms. The smallest absolute Gasteiger partial charge is 0.287 e. The molecule has 1 amide bonds. The minimum Gasteiger partial charge on any atom is -0.335 e. The summed E-state index contributed by atoms with van der Waals surface area (Å²) in [6.07, 6.45) is 3.39. The molecule has 1 aromatic heterocycles. The fourth-order valence-electron chi connectivity index (χ4n) is 2.86. The first-order chi connectivity index (χ1) is 9.95. The lowest BCUT2D eigenvalue weighted by Crippen LogP contribution is -2.41. The van der Waals surface area contributed by atoms with Crippen molar-refractivity contribution < 1.29 is 9.72 Å². The van der Waals surface area contributed by atoms with Gasteiger partial charge in [-0.05, 0) is 33.7 Å². The highest BCUT2D eigenvalue weighted by atomic mass is 16.6. The summed E-state index contributed by atoms with van der Waals surface area (Å²) in [5.41, 5.74) is 0.371. The Bertz CT molecular complexity index is 538. The van der Waals surface area contributed by atoms with Crippen molar-refractivity contribution in [3.63, 3.8) is 0 Å². The number of carbonyl (C=O) groups is 1. The van der Waals surface area contributed by atoms with E-state index in [4.69, 9.17) is 0 Å². The van der Waals surface area contributed by atoms with Crippen LogP contribution in [0.25, 0.3) is 0 Å². The average Bonchev–Trinajstić information content (AvgIpc) is 3.04. The van der Waals surface area contributed by atoms with Crippen LogP contribution >= 0.6 is 0 Å². The van der Waals surface area contributed by atoms with Gasteiger partial charge in [0.25, 0.3) is 11.6 Å². The molecule has 0 aromatic carbocycles. The van der Waals surface area contributed by atoms with E-state index in [-0.39, 0.29) is 23.7 Å². The van der Waals surface area contributed by atoms with Crippen LogP contribution in [0.1, 0.15) is 43.2 Å². The molecule has 21 heavy (non-hydrogen) atoms. The zero-order valence-electron chi connectivity index (χ0n) is 12.7. The monoisotopic (exact) mass is 294 g/mol. The Balaban J connectivity index is 2.31. The largest absolute Gasteiger partial charge is 0.335 e. The molecule has 0 spiro atoms. The summed E-state index contributed by atoms with van der Waals surface area (Å²) in [7, 11) is 1.86. The summed E-state index contributed by atoms with van der Waals surface area (Å²) in [6, 6.07) is 1.55. The van der Waals surface area contributed by atoms with E-state index in [9.17, 15) is 14.9 Å². The minimum absolute atomic E-state index is 0.00278. The lowest BCUT2D eigenvalue weighted by Gasteiger charge is -2.25. The van der Waals surface area contributed by atoms with Crippen LogP contribution in [0, 0.1) is 10.1 Å². The second kappa shape index (κ2) is 6.26. The molecule has 116 valence electrons. The Morgan fingerprint density at radius 2 is 2.29 bits per heavy atom. The maximum atomic E-state index is 12.7. The number of nitro groups is 1. The Hall–Kier alpha value is -1.89. The zero-order valence-corrected chi connectivity index (χ0v) is 12.7. The molecule has 2 rings (SSSR count). The van der Waals surface area contributed by atoms with Crippen LogP contribution < -0.4 is 5.32 Å². The first-order valence-electron chi connectivity index (χ1n) is 7.27. The number of aromatic nitrogens is 1. The minimum atomic E-state index is -0.454. The van der Waals surface area contributed by atoms with Crippen LogP contribution in [0.5, 0.6) is 0 Å². The van der Waals surface area contributed by atoms with E-state index >= 15 is 0 Å². The molecular weight excluding hydrogens is 272 g/mol. The van der Waals surface area contributed by atoms with Gasteiger partial charge in [0.1, 0.15) is 5.69 Å². The molecular formula is C14H22N4O3. The maximum absolute atomic E-state index is 12.7. The third-order valence-electron chi connectivity index (χ3n) is 3.90.